The summed E-state index contributed by atoms with van der Waals surface area (Å²) < 4.78 is 5.91. The maximum absolute atomic E-state index is 5.91. The molecule has 0 aromatic rings. The highest BCUT2D eigenvalue weighted by atomic mass is 16.5. The molecule has 0 spiro atoms. The molecule has 1 aliphatic rings. The standard InChI is InChI=1S/C10H21NO/c1-4-9(3)12-10-5-6-11-7-8(10)2/h8-11H,4-7H2,1-3H3. The maximum Gasteiger partial charge on any atom is 0.0628 e. The Kier molecular flexibility index (Phi) is 4.02. The van der Waals surface area contributed by atoms with Gasteiger partial charge in [-0.05, 0) is 32.2 Å². The van der Waals surface area contributed by atoms with E-state index in [1.807, 2.05) is 0 Å². The van der Waals surface area contributed by atoms with Gasteiger partial charge in [-0.25, -0.2) is 0 Å². The molecule has 2 heteroatoms. The van der Waals surface area contributed by atoms with Gasteiger partial charge in [-0.3, -0.25) is 0 Å². The van der Waals surface area contributed by atoms with Crippen molar-refractivity contribution in [1.82, 2.24) is 5.32 Å². The van der Waals surface area contributed by atoms with E-state index in [4.69, 9.17) is 4.74 Å². The first-order chi connectivity index (χ1) is 5.74. The molecule has 0 aromatic carbocycles. The zero-order valence-corrected chi connectivity index (χ0v) is 8.47. The molecular formula is C10H21NO. The molecule has 1 heterocycles. The van der Waals surface area contributed by atoms with E-state index in [0.717, 1.165) is 19.5 Å². The summed E-state index contributed by atoms with van der Waals surface area (Å²) in [5, 5.41) is 3.38. The Hall–Kier alpha value is -0.0800. The van der Waals surface area contributed by atoms with Crippen LogP contribution in [-0.4, -0.2) is 25.3 Å². The lowest BCUT2D eigenvalue weighted by atomic mass is 9.98. The summed E-state index contributed by atoms with van der Waals surface area (Å²) >= 11 is 0. The van der Waals surface area contributed by atoms with Crippen LogP contribution in [0.25, 0.3) is 0 Å². The first-order valence-corrected chi connectivity index (χ1v) is 5.10. The molecule has 0 aliphatic carbocycles. The van der Waals surface area contributed by atoms with Crippen LogP contribution in [0.15, 0.2) is 0 Å². The van der Waals surface area contributed by atoms with E-state index in [1.54, 1.807) is 0 Å². The molecule has 0 amide bonds. The predicted molar refractivity (Wildman–Crippen MR) is 51.3 cm³/mol. The van der Waals surface area contributed by atoms with E-state index in [-0.39, 0.29) is 0 Å². The van der Waals surface area contributed by atoms with Crippen LogP contribution in [-0.2, 0) is 4.74 Å². The largest absolute Gasteiger partial charge is 0.375 e. The van der Waals surface area contributed by atoms with Crippen molar-refractivity contribution in [2.24, 2.45) is 5.92 Å². The molecule has 1 rings (SSSR count). The van der Waals surface area contributed by atoms with Crippen molar-refractivity contribution >= 4 is 0 Å². The summed E-state index contributed by atoms with van der Waals surface area (Å²) in [7, 11) is 0. The van der Waals surface area contributed by atoms with Crippen molar-refractivity contribution in [2.45, 2.75) is 45.8 Å². The molecule has 0 bridgehead atoms. The lowest BCUT2D eigenvalue weighted by Gasteiger charge is -2.31. The Morgan fingerprint density at radius 3 is 2.92 bits per heavy atom. The maximum atomic E-state index is 5.91. The highest BCUT2D eigenvalue weighted by molar-refractivity contribution is 4.76. The van der Waals surface area contributed by atoms with E-state index < -0.39 is 0 Å². The summed E-state index contributed by atoms with van der Waals surface area (Å²) in [6.07, 6.45) is 3.21. The van der Waals surface area contributed by atoms with Gasteiger partial charge in [-0.2, -0.15) is 0 Å². The molecule has 1 aliphatic heterocycles. The molecule has 0 saturated carbocycles. The van der Waals surface area contributed by atoms with Gasteiger partial charge in [0.05, 0.1) is 12.2 Å². The molecule has 3 unspecified atom stereocenters. The lowest BCUT2D eigenvalue weighted by molar-refractivity contribution is -0.0441. The summed E-state index contributed by atoms with van der Waals surface area (Å²) in [5.74, 6) is 0.674. The van der Waals surface area contributed by atoms with Crippen LogP contribution < -0.4 is 5.32 Å². The quantitative estimate of drug-likeness (QED) is 0.699. The second-order valence-corrected chi connectivity index (χ2v) is 3.86. The molecule has 2 nitrogen and oxygen atoms in total. The fourth-order valence-corrected chi connectivity index (χ4v) is 1.59. The van der Waals surface area contributed by atoms with Crippen LogP contribution in [0.4, 0.5) is 0 Å². The number of hydrogen-bond donors (Lipinski definition) is 1. The topological polar surface area (TPSA) is 21.3 Å². The second kappa shape index (κ2) is 4.83. The molecular weight excluding hydrogens is 150 g/mol. The van der Waals surface area contributed by atoms with Crippen molar-refractivity contribution in [3.8, 4) is 0 Å². The van der Waals surface area contributed by atoms with E-state index >= 15 is 0 Å². The number of ether oxygens (including phenoxy) is 1. The predicted octanol–water partition coefficient (Wildman–Crippen LogP) is 1.80. The minimum Gasteiger partial charge on any atom is -0.375 e. The van der Waals surface area contributed by atoms with Crippen LogP contribution in [0, 0.1) is 5.92 Å². The first-order valence-electron chi connectivity index (χ1n) is 5.10. The minimum atomic E-state index is 0.426. The molecule has 72 valence electrons. The highest BCUT2D eigenvalue weighted by Crippen LogP contribution is 2.16. The smallest absolute Gasteiger partial charge is 0.0628 e. The zero-order valence-electron chi connectivity index (χ0n) is 8.47. The highest BCUT2D eigenvalue weighted by Gasteiger charge is 2.22. The van der Waals surface area contributed by atoms with E-state index in [9.17, 15) is 0 Å². The van der Waals surface area contributed by atoms with Gasteiger partial charge in [0, 0.05) is 6.54 Å². The SMILES string of the molecule is CCC(C)OC1CCNCC1C. The normalized spacial score (nSPS) is 33.2. The van der Waals surface area contributed by atoms with Crippen LogP contribution in [0.3, 0.4) is 0 Å². The summed E-state index contributed by atoms with van der Waals surface area (Å²) in [6.45, 7) is 8.83. The van der Waals surface area contributed by atoms with Gasteiger partial charge >= 0.3 is 0 Å². The Morgan fingerprint density at radius 1 is 1.58 bits per heavy atom. The van der Waals surface area contributed by atoms with Crippen molar-refractivity contribution in [3.05, 3.63) is 0 Å². The molecule has 3 atom stereocenters. The molecule has 1 N–H and O–H groups in total. The van der Waals surface area contributed by atoms with E-state index in [0.29, 0.717) is 18.1 Å². The monoisotopic (exact) mass is 171 g/mol. The van der Waals surface area contributed by atoms with Gasteiger partial charge in [0.15, 0.2) is 0 Å². The van der Waals surface area contributed by atoms with Gasteiger partial charge in [0.25, 0.3) is 0 Å². The van der Waals surface area contributed by atoms with Crippen molar-refractivity contribution in [2.75, 3.05) is 13.1 Å². The third-order valence-corrected chi connectivity index (χ3v) is 2.69. The fraction of sp³-hybridized carbons (Fsp3) is 1.00. The van der Waals surface area contributed by atoms with E-state index in [1.165, 1.54) is 6.42 Å². The van der Waals surface area contributed by atoms with Crippen molar-refractivity contribution < 1.29 is 4.74 Å². The van der Waals surface area contributed by atoms with Crippen molar-refractivity contribution in [1.29, 1.82) is 0 Å². The summed E-state index contributed by atoms with van der Waals surface area (Å²) in [5.41, 5.74) is 0. The first kappa shape index (κ1) is 10.0. The number of piperidine rings is 1. The van der Waals surface area contributed by atoms with Crippen molar-refractivity contribution in [3.63, 3.8) is 0 Å². The van der Waals surface area contributed by atoms with Gasteiger partial charge in [0.2, 0.25) is 0 Å². The van der Waals surface area contributed by atoms with Gasteiger partial charge < -0.3 is 10.1 Å². The summed E-state index contributed by atoms with van der Waals surface area (Å²) in [4.78, 5) is 0. The average molecular weight is 171 g/mol. The van der Waals surface area contributed by atoms with Gasteiger partial charge in [-0.1, -0.05) is 13.8 Å². The third kappa shape index (κ3) is 2.76. The molecule has 0 aromatic heterocycles. The Labute approximate surface area is 75.7 Å². The van der Waals surface area contributed by atoms with Crippen LogP contribution in [0.2, 0.25) is 0 Å². The number of nitrogens with one attached hydrogen (secondary N) is 1. The van der Waals surface area contributed by atoms with Crippen LogP contribution in [0.5, 0.6) is 0 Å². The summed E-state index contributed by atoms with van der Waals surface area (Å²) in [6, 6.07) is 0. The average Bonchev–Trinajstić information content (AvgIpc) is 2.09. The molecule has 12 heavy (non-hydrogen) atoms. The van der Waals surface area contributed by atoms with Gasteiger partial charge in [0.1, 0.15) is 0 Å². The fourth-order valence-electron chi connectivity index (χ4n) is 1.59. The van der Waals surface area contributed by atoms with Crippen LogP contribution >= 0.6 is 0 Å². The third-order valence-electron chi connectivity index (χ3n) is 2.69. The van der Waals surface area contributed by atoms with E-state index in [2.05, 4.69) is 26.1 Å². The molecule has 0 radical (unpaired) electrons. The Balaban J connectivity index is 2.28. The molecule has 1 fully saturated rings. The van der Waals surface area contributed by atoms with Gasteiger partial charge in [-0.15, -0.1) is 0 Å². The Bertz CT molecular complexity index is 127. The van der Waals surface area contributed by atoms with Crippen LogP contribution in [0.1, 0.15) is 33.6 Å². The zero-order chi connectivity index (χ0) is 8.97. The molecule has 1 saturated heterocycles. The second-order valence-electron chi connectivity index (χ2n) is 3.86. The Morgan fingerprint density at radius 2 is 2.33 bits per heavy atom. The lowest BCUT2D eigenvalue weighted by Crippen LogP contribution is -2.41. The number of hydrogen-bond acceptors (Lipinski definition) is 2. The minimum absolute atomic E-state index is 0.426. The number of rotatable bonds is 3.